The molecule has 0 atom stereocenters. The summed E-state index contributed by atoms with van der Waals surface area (Å²) in [6.07, 6.45) is 0. The van der Waals surface area contributed by atoms with Crippen molar-refractivity contribution in [2.24, 2.45) is 0 Å². The number of hydrogen-bond donors (Lipinski definition) is 2. The van der Waals surface area contributed by atoms with E-state index in [0.29, 0.717) is 20.4 Å². The van der Waals surface area contributed by atoms with Crippen LogP contribution in [0.5, 0.6) is 0 Å². The summed E-state index contributed by atoms with van der Waals surface area (Å²) in [7, 11) is 0. The molecule has 2 N–H and O–H groups in total. The van der Waals surface area contributed by atoms with Crippen LogP contribution in [-0.4, -0.2) is 9.97 Å². The molecular weight excluding hydrogens is 271 g/mol. The molecule has 0 fully saturated rings. The predicted molar refractivity (Wildman–Crippen MR) is 57.9 cm³/mol. The van der Waals surface area contributed by atoms with Gasteiger partial charge in [0.15, 0.2) is 0 Å². The smallest absolute Gasteiger partial charge is 0.305 e. The van der Waals surface area contributed by atoms with Gasteiger partial charge in [-0.2, -0.15) is 0 Å². The lowest BCUT2D eigenvalue weighted by Gasteiger charge is -2.00. The second-order valence-electron chi connectivity index (χ2n) is 2.69. The monoisotopic (exact) mass is 274 g/mol. The van der Waals surface area contributed by atoms with Crippen LogP contribution in [0.15, 0.2) is 26.2 Å². The summed E-state index contributed by atoms with van der Waals surface area (Å²) >= 11 is 9.03. The van der Waals surface area contributed by atoms with Gasteiger partial charge in [0.05, 0.1) is 15.9 Å². The minimum atomic E-state index is -0.567. The summed E-state index contributed by atoms with van der Waals surface area (Å²) in [5.74, 6) is 0. The Bertz CT molecular complexity index is 617. The van der Waals surface area contributed by atoms with Crippen LogP contribution < -0.4 is 11.2 Å². The van der Waals surface area contributed by atoms with Crippen molar-refractivity contribution < 1.29 is 0 Å². The summed E-state index contributed by atoms with van der Waals surface area (Å²) in [6.45, 7) is 0. The second kappa shape index (κ2) is 3.25. The first-order valence-electron chi connectivity index (χ1n) is 3.70. The molecular formula is C8H4BrClN2O2. The van der Waals surface area contributed by atoms with E-state index in [-0.39, 0.29) is 0 Å². The predicted octanol–water partition coefficient (Wildman–Crippen LogP) is 1.63. The van der Waals surface area contributed by atoms with Gasteiger partial charge in [-0.15, -0.1) is 0 Å². The number of H-pyrrole nitrogens is 2. The summed E-state index contributed by atoms with van der Waals surface area (Å²) in [5, 5.41) is 0.684. The van der Waals surface area contributed by atoms with Gasteiger partial charge in [0, 0.05) is 4.47 Å². The number of aromatic nitrogens is 2. The molecule has 0 unspecified atom stereocenters. The quantitative estimate of drug-likeness (QED) is 0.767. The molecule has 0 aliphatic carbocycles. The number of halogens is 2. The number of nitrogens with one attached hydrogen (secondary N) is 2. The lowest BCUT2D eigenvalue weighted by atomic mass is 10.2. The maximum Gasteiger partial charge on any atom is 0.326 e. The molecule has 4 nitrogen and oxygen atoms in total. The van der Waals surface area contributed by atoms with Crippen molar-refractivity contribution in [1.82, 2.24) is 9.97 Å². The minimum Gasteiger partial charge on any atom is -0.305 e. The van der Waals surface area contributed by atoms with Crippen molar-refractivity contribution in [2.75, 3.05) is 0 Å². The zero-order chi connectivity index (χ0) is 10.3. The van der Waals surface area contributed by atoms with Gasteiger partial charge < -0.3 is 4.98 Å². The molecule has 14 heavy (non-hydrogen) atoms. The van der Waals surface area contributed by atoms with E-state index in [4.69, 9.17) is 11.6 Å². The Kier molecular flexibility index (Phi) is 2.20. The lowest BCUT2D eigenvalue weighted by molar-refractivity contribution is 1.08. The SMILES string of the molecule is O=c1[nH]c(=O)c2c(Br)ccc(Cl)c2[nH]1. The van der Waals surface area contributed by atoms with E-state index in [2.05, 4.69) is 25.9 Å². The molecule has 0 aliphatic heterocycles. The highest BCUT2D eigenvalue weighted by Gasteiger charge is 2.07. The molecule has 0 bridgehead atoms. The maximum absolute atomic E-state index is 11.4. The third kappa shape index (κ3) is 1.38. The van der Waals surface area contributed by atoms with Crippen molar-refractivity contribution in [2.45, 2.75) is 0 Å². The Morgan fingerprint density at radius 1 is 1.21 bits per heavy atom. The summed E-state index contributed by atoms with van der Waals surface area (Å²) in [4.78, 5) is 27.0. The standard InChI is InChI=1S/C8H4BrClN2O2/c9-3-1-2-4(10)6-5(3)7(13)12-8(14)11-6/h1-2H,(H2,11,12,13,14). The normalized spacial score (nSPS) is 10.7. The maximum atomic E-state index is 11.4. The number of hydrogen-bond acceptors (Lipinski definition) is 2. The van der Waals surface area contributed by atoms with Crippen molar-refractivity contribution >= 4 is 38.4 Å². The highest BCUT2D eigenvalue weighted by molar-refractivity contribution is 9.10. The summed E-state index contributed by atoms with van der Waals surface area (Å²) in [5.41, 5.74) is -0.685. The zero-order valence-electron chi connectivity index (χ0n) is 6.73. The van der Waals surface area contributed by atoms with Gasteiger partial charge in [-0.05, 0) is 28.1 Å². The molecule has 0 radical (unpaired) electrons. The van der Waals surface area contributed by atoms with Gasteiger partial charge in [0.25, 0.3) is 5.56 Å². The zero-order valence-corrected chi connectivity index (χ0v) is 9.07. The Morgan fingerprint density at radius 2 is 1.93 bits per heavy atom. The molecule has 1 heterocycles. The first-order chi connectivity index (χ1) is 6.59. The third-order valence-corrected chi connectivity index (χ3v) is 2.77. The first kappa shape index (κ1) is 9.48. The molecule has 1 aromatic heterocycles. The van der Waals surface area contributed by atoms with Crippen LogP contribution in [0, 0.1) is 0 Å². The van der Waals surface area contributed by atoms with Crippen LogP contribution >= 0.6 is 27.5 Å². The molecule has 6 heteroatoms. The average molecular weight is 275 g/mol. The van der Waals surface area contributed by atoms with E-state index in [1.807, 2.05) is 0 Å². The van der Waals surface area contributed by atoms with Crippen molar-refractivity contribution in [1.29, 1.82) is 0 Å². The van der Waals surface area contributed by atoms with Crippen LogP contribution in [-0.2, 0) is 0 Å². The Hall–Kier alpha value is -1.07. The van der Waals surface area contributed by atoms with E-state index >= 15 is 0 Å². The molecule has 0 saturated carbocycles. The Labute approximate surface area is 91.0 Å². The first-order valence-corrected chi connectivity index (χ1v) is 4.87. The fourth-order valence-corrected chi connectivity index (χ4v) is 1.92. The van der Waals surface area contributed by atoms with Crippen molar-refractivity contribution in [3.05, 3.63) is 42.5 Å². The molecule has 1 aromatic carbocycles. The van der Waals surface area contributed by atoms with Crippen LogP contribution in [0.3, 0.4) is 0 Å². The molecule has 72 valence electrons. The van der Waals surface area contributed by atoms with Crippen LogP contribution in [0.25, 0.3) is 10.9 Å². The molecule has 0 spiro atoms. The highest BCUT2D eigenvalue weighted by Crippen LogP contribution is 2.24. The summed E-state index contributed by atoms with van der Waals surface area (Å²) < 4.78 is 0.592. The Balaban J connectivity index is 3.16. The second-order valence-corrected chi connectivity index (χ2v) is 3.95. The van der Waals surface area contributed by atoms with E-state index in [0.717, 1.165) is 0 Å². The fourth-order valence-electron chi connectivity index (χ4n) is 1.21. The topological polar surface area (TPSA) is 65.7 Å². The third-order valence-electron chi connectivity index (χ3n) is 1.80. The minimum absolute atomic E-state index is 0.339. The van der Waals surface area contributed by atoms with Gasteiger partial charge in [-0.1, -0.05) is 11.6 Å². The molecule has 0 aliphatic rings. The molecule has 2 rings (SSSR count). The van der Waals surface area contributed by atoms with Gasteiger partial charge in [0.2, 0.25) is 0 Å². The van der Waals surface area contributed by atoms with Gasteiger partial charge in [-0.25, -0.2) is 4.79 Å². The molecule has 0 amide bonds. The van der Waals surface area contributed by atoms with Gasteiger partial charge in [-0.3, -0.25) is 9.78 Å². The van der Waals surface area contributed by atoms with Crippen molar-refractivity contribution in [3.8, 4) is 0 Å². The lowest BCUT2D eigenvalue weighted by Crippen LogP contribution is -2.22. The number of benzene rings is 1. The molecule has 0 saturated heterocycles. The largest absolute Gasteiger partial charge is 0.326 e. The van der Waals surface area contributed by atoms with Gasteiger partial charge >= 0.3 is 5.69 Å². The van der Waals surface area contributed by atoms with Crippen molar-refractivity contribution in [3.63, 3.8) is 0 Å². The van der Waals surface area contributed by atoms with E-state index in [1.165, 1.54) is 0 Å². The van der Waals surface area contributed by atoms with Gasteiger partial charge in [0.1, 0.15) is 0 Å². The number of aromatic amines is 2. The van der Waals surface area contributed by atoms with Crippen LogP contribution in [0.1, 0.15) is 0 Å². The molecule has 2 aromatic rings. The number of fused-ring (bicyclic) bond motifs is 1. The highest BCUT2D eigenvalue weighted by atomic mass is 79.9. The summed E-state index contributed by atoms with van der Waals surface area (Å²) in [6, 6.07) is 3.25. The van der Waals surface area contributed by atoms with Crippen LogP contribution in [0.2, 0.25) is 5.02 Å². The fraction of sp³-hybridized carbons (Fsp3) is 0. The van der Waals surface area contributed by atoms with E-state index in [1.54, 1.807) is 12.1 Å². The Morgan fingerprint density at radius 3 is 2.64 bits per heavy atom. The van der Waals surface area contributed by atoms with Crippen LogP contribution in [0.4, 0.5) is 0 Å². The number of rotatable bonds is 0. The van der Waals surface area contributed by atoms with E-state index < -0.39 is 11.2 Å². The average Bonchev–Trinajstić information content (AvgIpc) is 2.10. The van der Waals surface area contributed by atoms with E-state index in [9.17, 15) is 9.59 Å².